The highest BCUT2D eigenvalue weighted by Crippen LogP contribution is 2.17. The number of carbonyl (C=O) groups excluding carboxylic acids is 1. The molecule has 0 aliphatic carbocycles. The van der Waals surface area contributed by atoms with Crippen LogP contribution in [0.4, 0.5) is 0 Å². The Bertz CT molecular complexity index is 453. The minimum absolute atomic E-state index is 0.0141. The van der Waals surface area contributed by atoms with Gasteiger partial charge in [-0.15, -0.1) is 0 Å². The van der Waals surface area contributed by atoms with Crippen molar-refractivity contribution in [1.29, 1.82) is 0 Å². The number of aryl methyl sites for hydroxylation is 1. The monoisotopic (exact) mass is 291 g/mol. The lowest BCUT2D eigenvalue weighted by molar-refractivity contribution is -0.142. The third-order valence-electron chi connectivity index (χ3n) is 3.94. The zero-order chi connectivity index (χ0) is 15.1. The Labute approximate surface area is 126 Å². The lowest BCUT2D eigenvalue weighted by Crippen LogP contribution is -2.43. The smallest absolute Gasteiger partial charge is 0.254 e. The lowest BCUT2D eigenvalue weighted by Gasteiger charge is -2.27. The molecule has 1 aromatic carbocycles. The molecular formula is C17H25NO3. The van der Waals surface area contributed by atoms with E-state index in [0.29, 0.717) is 0 Å². The van der Waals surface area contributed by atoms with E-state index < -0.39 is 6.10 Å². The molecule has 1 heterocycles. The summed E-state index contributed by atoms with van der Waals surface area (Å²) >= 11 is 0. The largest absolute Gasteiger partial charge is 0.490 e. The van der Waals surface area contributed by atoms with E-state index in [1.54, 1.807) is 4.90 Å². The van der Waals surface area contributed by atoms with Gasteiger partial charge in [0.2, 0.25) is 0 Å². The summed E-state index contributed by atoms with van der Waals surface area (Å²) in [6, 6.07) is 7.61. The number of amides is 1. The highest BCUT2D eigenvalue weighted by Gasteiger charge is 2.23. The number of hydrogen-bond donors (Lipinski definition) is 1. The Balaban J connectivity index is 1.85. The number of aliphatic hydroxyl groups is 1. The molecule has 4 nitrogen and oxygen atoms in total. The summed E-state index contributed by atoms with van der Waals surface area (Å²) in [6.07, 6.45) is 4.55. The van der Waals surface area contributed by atoms with Crippen LogP contribution in [-0.4, -0.2) is 41.7 Å². The van der Waals surface area contributed by atoms with Crippen LogP contribution in [0.3, 0.4) is 0 Å². The fraction of sp³-hybridized carbons (Fsp3) is 0.588. The van der Waals surface area contributed by atoms with Crippen molar-refractivity contribution in [2.24, 2.45) is 0 Å². The number of benzene rings is 1. The lowest BCUT2D eigenvalue weighted by atomic mass is 10.1. The fourth-order valence-electron chi connectivity index (χ4n) is 2.64. The van der Waals surface area contributed by atoms with Gasteiger partial charge in [-0.05, 0) is 31.4 Å². The average molecular weight is 291 g/mol. The second-order valence-corrected chi connectivity index (χ2v) is 5.69. The highest BCUT2D eigenvalue weighted by molar-refractivity contribution is 5.80. The van der Waals surface area contributed by atoms with Crippen LogP contribution in [0.5, 0.6) is 5.75 Å². The van der Waals surface area contributed by atoms with Crippen LogP contribution in [0.2, 0.25) is 0 Å². The maximum absolute atomic E-state index is 12.3. The number of hydrogen-bond acceptors (Lipinski definition) is 3. The molecule has 4 heteroatoms. The van der Waals surface area contributed by atoms with E-state index >= 15 is 0 Å². The zero-order valence-corrected chi connectivity index (χ0v) is 12.8. The second kappa shape index (κ2) is 8.03. The Kier molecular flexibility index (Phi) is 6.05. The van der Waals surface area contributed by atoms with Crippen molar-refractivity contribution in [3.8, 4) is 5.75 Å². The Morgan fingerprint density at radius 1 is 1.19 bits per heavy atom. The van der Waals surface area contributed by atoms with Crippen molar-refractivity contribution < 1.29 is 14.6 Å². The predicted molar refractivity (Wildman–Crippen MR) is 82.3 cm³/mol. The fourth-order valence-corrected chi connectivity index (χ4v) is 2.64. The summed E-state index contributed by atoms with van der Waals surface area (Å²) in [5, 5.41) is 10.1. The van der Waals surface area contributed by atoms with E-state index in [9.17, 15) is 9.90 Å². The van der Waals surface area contributed by atoms with Gasteiger partial charge in [0.15, 0.2) is 6.10 Å². The molecule has 0 saturated carbocycles. The molecule has 0 bridgehead atoms. The van der Waals surface area contributed by atoms with Crippen molar-refractivity contribution >= 4 is 5.91 Å². The van der Waals surface area contributed by atoms with Crippen LogP contribution < -0.4 is 4.74 Å². The summed E-state index contributed by atoms with van der Waals surface area (Å²) in [5.74, 6) is 0.516. The average Bonchev–Trinajstić information content (AvgIpc) is 2.45. The molecule has 1 fully saturated rings. The van der Waals surface area contributed by atoms with Crippen LogP contribution in [0.25, 0.3) is 0 Å². The Morgan fingerprint density at radius 3 is 2.48 bits per heavy atom. The van der Waals surface area contributed by atoms with E-state index in [1.807, 2.05) is 31.2 Å². The van der Waals surface area contributed by atoms with Crippen molar-refractivity contribution in [2.45, 2.75) is 45.1 Å². The summed E-state index contributed by atoms with van der Waals surface area (Å²) in [7, 11) is 0. The summed E-state index contributed by atoms with van der Waals surface area (Å²) < 4.78 is 5.57. The number of nitrogens with zero attached hydrogens (tertiary/aromatic N) is 1. The van der Waals surface area contributed by atoms with E-state index in [4.69, 9.17) is 4.74 Å². The summed E-state index contributed by atoms with van der Waals surface area (Å²) in [5.41, 5.74) is 1.00. The van der Waals surface area contributed by atoms with Gasteiger partial charge in [0.25, 0.3) is 5.91 Å². The standard InChI is InChI=1S/C17H25NO3/c1-14-9-5-6-10-16(14)21-13-15(19)17(20)18-11-7-3-2-4-8-12-18/h5-6,9-10,15,19H,2-4,7-8,11-13H2,1H3. The van der Waals surface area contributed by atoms with Crippen LogP contribution in [-0.2, 0) is 4.79 Å². The Morgan fingerprint density at radius 2 is 1.81 bits per heavy atom. The first-order valence-corrected chi connectivity index (χ1v) is 7.84. The summed E-state index contributed by atoms with van der Waals surface area (Å²) in [4.78, 5) is 14.0. The van der Waals surface area contributed by atoms with Gasteiger partial charge in [0, 0.05) is 13.1 Å². The first-order chi connectivity index (χ1) is 10.2. The quantitative estimate of drug-likeness (QED) is 0.927. The maximum Gasteiger partial charge on any atom is 0.254 e. The van der Waals surface area contributed by atoms with E-state index in [-0.39, 0.29) is 12.5 Å². The van der Waals surface area contributed by atoms with Gasteiger partial charge < -0.3 is 14.7 Å². The van der Waals surface area contributed by atoms with E-state index in [2.05, 4.69) is 0 Å². The summed E-state index contributed by atoms with van der Waals surface area (Å²) in [6.45, 7) is 3.46. The molecule has 116 valence electrons. The second-order valence-electron chi connectivity index (χ2n) is 5.69. The zero-order valence-electron chi connectivity index (χ0n) is 12.8. The van der Waals surface area contributed by atoms with Crippen molar-refractivity contribution in [1.82, 2.24) is 4.90 Å². The van der Waals surface area contributed by atoms with Crippen molar-refractivity contribution in [3.05, 3.63) is 29.8 Å². The van der Waals surface area contributed by atoms with Gasteiger partial charge in [-0.3, -0.25) is 4.79 Å². The molecule has 1 aliphatic rings. The molecule has 1 N–H and O–H groups in total. The van der Waals surface area contributed by atoms with Crippen LogP contribution in [0, 0.1) is 6.92 Å². The normalized spacial score (nSPS) is 17.7. The minimum Gasteiger partial charge on any atom is -0.490 e. The SMILES string of the molecule is Cc1ccccc1OCC(O)C(=O)N1CCCCCCC1. The third kappa shape index (κ3) is 4.74. The number of carbonyl (C=O) groups is 1. The number of aliphatic hydroxyl groups excluding tert-OH is 1. The maximum atomic E-state index is 12.3. The molecule has 21 heavy (non-hydrogen) atoms. The molecule has 1 saturated heterocycles. The molecule has 1 unspecified atom stereocenters. The first-order valence-electron chi connectivity index (χ1n) is 7.84. The van der Waals surface area contributed by atoms with Crippen LogP contribution in [0.1, 0.15) is 37.7 Å². The number of rotatable bonds is 4. The van der Waals surface area contributed by atoms with Gasteiger partial charge in [0.05, 0.1) is 0 Å². The molecule has 1 atom stereocenters. The van der Waals surface area contributed by atoms with Crippen LogP contribution in [0.15, 0.2) is 24.3 Å². The predicted octanol–water partition coefficient (Wildman–Crippen LogP) is 2.53. The molecule has 0 spiro atoms. The van der Waals surface area contributed by atoms with Gasteiger partial charge in [0.1, 0.15) is 12.4 Å². The molecule has 2 rings (SSSR count). The third-order valence-corrected chi connectivity index (χ3v) is 3.94. The van der Waals surface area contributed by atoms with E-state index in [1.165, 1.54) is 19.3 Å². The van der Waals surface area contributed by atoms with Gasteiger partial charge in [-0.25, -0.2) is 0 Å². The molecule has 1 amide bonds. The van der Waals surface area contributed by atoms with Crippen molar-refractivity contribution in [2.75, 3.05) is 19.7 Å². The molecule has 1 aliphatic heterocycles. The Hall–Kier alpha value is -1.55. The van der Waals surface area contributed by atoms with Gasteiger partial charge >= 0.3 is 0 Å². The molecule has 0 aromatic heterocycles. The van der Waals surface area contributed by atoms with E-state index in [0.717, 1.165) is 37.2 Å². The topological polar surface area (TPSA) is 49.8 Å². The molecule has 1 aromatic rings. The first kappa shape index (κ1) is 15.8. The number of ether oxygens (including phenoxy) is 1. The van der Waals surface area contributed by atoms with Gasteiger partial charge in [-0.1, -0.05) is 37.5 Å². The molecule has 0 radical (unpaired) electrons. The number of para-hydroxylation sites is 1. The molecular weight excluding hydrogens is 266 g/mol. The van der Waals surface area contributed by atoms with Crippen LogP contribution >= 0.6 is 0 Å². The minimum atomic E-state index is -1.08. The number of likely N-dealkylation sites (tertiary alicyclic amines) is 1. The van der Waals surface area contributed by atoms with Crippen molar-refractivity contribution in [3.63, 3.8) is 0 Å². The van der Waals surface area contributed by atoms with Gasteiger partial charge in [-0.2, -0.15) is 0 Å². The highest BCUT2D eigenvalue weighted by atomic mass is 16.5.